The molecule has 0 fully saturated rings. The lowest BCUT2D eigenvalue weighted by atomic mass is 10.0. The van der Waals surface area contributed by atoms with Crippen molar-refractivity contribution in [1.82, 2.24) is 4.98 Å². The van der Waals surface area contributed by atoms with E-state index in [1.165, 1.54) is 0 Å². The Labute approximate surface area is 112 Å². The fourth-order valence-corrected chi connectivity index (χ4v) is 2.31. The number of hydrogen-bond acceptors (Lipinski definition) is 3. The van der Waals surface area contributed by atoms with E-state index in [9.17, 15) is 5.11 Å². The number of aromatic nitrogens is 1. The van der Waals surface area contributed by atoms with E-state index in [1.807, 2.05) is 30.3 Å². The van der Waals surface area contributed by atoms with Crippen molar-refractivity contribution >= 4 is 26.8 Å². The Morgan fingerprint density at radius 2 is 2.00 bits per heavy atom. The first-order chi connectivity index (χ1) is 8.75. The second-order valence-electron chi connectivity index (χ2n) is 3.96. The Morgan fingerprint density at radius 1 is 1.11 bits per heavy atom. The van der Waals surface area contributed by atoms with Gasteiger partial charge in [-0.05, 0) is 45.8 Å². The van der Waals surface area contributed by atoms with Gasteiger partial charge < -0.3 is 9.52 Å². The van der Waals surface area contributed by atoms with Crippen LogP contribution in [0.2, 0.25) is 0 Å². The van der Waals surface area contributed by atoms with Gasteiger partial charge in [0, 0.05) is 11.6 Å². The maximum absolute atomic E-state index is 10.4. The number of aliphatic hydroxyl groups is 1. The molecule has 3 rings (SSSR count). The molecule has 3 nitrogen and oxygen atoms in total. The molecule has 0 saturated heterocycles. The Bertz CT molecular complexity index is 688. The first kappa shape index (κ1) is 11.4. The predicted molar refractivity (Wildman–Crippen MR) is 72.2 cm³/mol. The fraction of sp³-hybridized carbons (Fsp3) is 0.0714. The van der Waals surface area contributed by atoms with Crippen molar-refractivity contribution in [1.29, 1.82) is 0 Å². The second kappa shape index (κ2) is 4.55. The van der Waals surface area contributed by atoms with E-state index in [2.05, 4.69) is 20.9 Å². The first-order valence-corrected chi connectivity index (χ1v) is 6.32. The van der Waals surface area contributed by atoms with E-state index < -0.39 is 6.10 Å². The molecule has 18 heavy (non-hydrogen) atoms. The monoisotopic (exact) mass is 303 g/mol. The SMILES string of the molecule is OC(c1ccc(Br)o1)c1cccc2ncccc12. The largest absolute Gasteiger partial charge is 0.451 e. The number of pyridine rings is 1. The van der Waals surface area contributed by atoms with Crippen LogP contribution in [0.3, 0.4) is 0 Å². The van der Waals surface area contributed by atoms with Crippen molar-refractivity contribution in [2.45, 2.75) is 6.10 Å². The molecule has 0 aliphatic carbocycles. The standard InChI is InChI=1S/C14H10BrNO2/c15-13-7-6-12(18-13)14(17)10-3-1-5-11-9(10)4-2-8-16-11/h1-8,14,17H. The quantitative estimate of drug-likeness (QED) is 0.785. The minimum atomic E-state index is -0.788. The molecule has 1 aromatic carbocycles. The van der Waals surface area contributed by atoms with Gasteiger partial charge in [0.2, 0.25) is 0 Å². The smallest absolute Gasteiger partial charge is 0.169 e. The summed E-state index contributed by atoms with van der Waals surface area (Å²) in [6.45, 7) is 0. The minimum Gasteiger partial charge on any atom is -0.451 e. The van der Waals surface area contributed by atoms with Gasteiger partial charge in [-0.2, -0.15) is 0 Å². The third-order valence-electron chi connectivity index (χ3n) is 2.84. The summed E-state index contributed by atoms with van der Waals surface area (Å²) >= 11 is 3.23. The molecule has 0 aliphatic rings. The lowest BCUT2D eigenvalue weighted by Gasteiger charge is -2.10. The highest BCUT2D eigenvalue weighted by atomic mass is 79.9. The zero-order valence-electron chi connectivity index (χ0n) is 9.38. The number of aliphatic hydroxyl groups excluding tert-OH is 1. The van der Waals surface area contributed by atoms with Gasteiger partial charge in [0.05, 0.1) is 5.52 Å². The van der Waals surface area contributed by atoms with Gasteiger partial charge in [0.25, 0.3) is 0 Å². The number of fused-ring (bicyclic) bond motifs is 1. The molecular weight excluding hydrogens is 294 g/mol. The fourth-order valence-electron chi connectivity index (χ4n) is 1.99. The summed E-state index contributed by atoms with van der Waals surface area (Å²) in [4.78, 5) is 4.27. The molecule has 4 heteroatoms. The van der Waals surface area contributed by atoms with E-state index in [0.717, 1.165) is 16.5 Å². The topological polar surface area (TPSA) is 46.3 Å². The number of benzene rings is 1. The van der Waals surface area contributed by atoms with Crippen LogP contribution in [-0.2, 0) is 0 Å². The van der Waals surface area contributed by atoms with Crippen LogP contribution in [0.5, 0.6) is 0 Å². The average molecular weight is 304 g/mol. The summed E-state index contributed by atoms with van der Waals surface area (Å²) in [5, 5.41) is 11.3. The zero-order valence-corrected chi connectivity index (χ0v) is 11.0. The van der Waals surface area contributed by atoms with Gasteiger partial charge in [-0.1, -0.05) is 18.2 Å². The third-order valence-corrected chi connectivity index (χ3v) is 3.26. The van der Waals surface area contributed by atoms with Crippen LogP contribution >= 0.6 is 15.9 Å². The molecule has 1 N–H and O–H groups in total. The van der Waals surface area contributed by atoms with Crippen LogP contribution in [0, 0.1) is 0 Å². The maximum atomic E-state index is 10.4. The van der Waals surface area contributed by atoms with Crippen LogP contribution in [0.25, 0.3) is 10.9 Å². The average Bonchev–Trinajstić information content (AvgIpc) is 2.84. The maximum Gasteiger partial charge on any atom is 0.169 e. The molecule has 0 spiro atoms. The summed E-state index contributed by atoms with van der Waals surface area (Å²) in [6, 6.07) is 13.0. The number of rotatable bonds is 2. The van der Waals surface area contributed by atoms with Crippen molar-refractivity contribution in [3.63, 3.8) is 0 Å². The molecule has 1 unspecified atom stereocenters. The van der Waals surface area contributed by atoms with Crippen molar-refractivity contribution < 1.29 is 9.52 Å². The van der Waals surface area contributed by atoms with Crippen LogP contribution in [0.1, 0.15) is 17.4 Å². The predicted octanol–water partition coefficient (Wildman–Crippen LogP) is 3.67. The normalized spacial score (nSPS) is 12.8. The van der Waals surface area contributed by atoms with Crippen LogP contribution in [0.4, 0.5) is 0 Å². The highest BCUT2D eigenvalue weighted by Crippen LogP contribution is 2.30. The van der Waals surface area contributed by atoms with Crippen molar-refractivity contribution in [3.05, 3.63) is 64.7 Å². The van der Waals surface area contributed by atoms with Crippen LogP contribution in [0.15, 0.2) is 57.7 Å². The Hall–Kier alpha value is -1.65. The Balaban J connectivity index is 2.14. The molecule has 2 heterocycles. The highest BCUT2D eigenvalue weighted by molar-refractivity contribution is 9.10. The molecule has 90 valence electrons. The van der Waals surface area contributed by atoms with Crippen molar-refractivity contribution in [2.24, 2.45) is 0 Å². The van der Waals surface area contributed by atoms with Crippen LogP contribution in [-0.4, -0.2) is 10.1 Å². The third kappa shape index (κ3) is 1.94. The summed E-state index contributed by atoms with van der Waals surface area (Å²) in [5.41, 5.74) is 1.65. The molecule has 3 aromatic rings. The highest BCUT2D eigenvalue weighted by Gasteiger charge is 2.16. The Morgan fingerprint density at radius 3 is 2.78 bits per heavy atom. The van der Waals surface area contributed by atoms with Crippen LogP contribution < -0.4 is 0 Å². The summed E-state index contributed by atoms with van der Waals surface area (Å²) in [7, 11) is 0. The molecular formula is C14H10BrNO2. The zero-order chi connectivity index (χ0) is 12.5. The molecule has 0 amide bonds. The molecule has 0 saturated carbocycles. The van der Waals surface area contributed by atoms with Gasteiger partial charge >= 0.3 is 0 Å². The number of furan rings is 1. The summed E-state index contributed by atoms with van der Waals surface area (Å²) in [5.74, 6) is 0.512. The first-order valence-electron chi connectivity index (χ1n) is 5.52. The lowest BCUT2D eigenvalue weighted by molar-refractivity contribution is 0.189. The number of nitrogens with zero attached hydrogens (tertiary/aromatic N) is 1. The van der Waals surface area contributed by atoms with E-state index in [0.29, 0.717) is 10.4 Å². The van der Waals surface area contributed by atoms with Gasteiger partial charge in [-0.15, -0.1) is 0 Å². The number of halogens is 1. The Kier molecular flexibility index (Phi) is 2.89. The van der Waals surface area contributed by atoms with E-state index in [1.54, 1.807) is 18.3 Å². The van der Waals surface area contributed by atoms with Gasteiger partial charge in [0.15, 0.2) is 4.67 Å². The van der Waals surface area contributed by atoms with Crippen molar-refractivity contribution in [3.8, 4) is 0 Å². The molecule has 0 radical (unpaired) electrons. The second-order valence-corrected chi connectivity index (χ2v) is 4.74. The van der Waals surface area contributed by atoms with E-state index in [-0.39, 0.29) is 0 Å². The molecule has 0 aliphatic heterocycles. The summed E-state index contributed by atoms with van der Waals surface area (Å²) < 4.78 is 6.00. The van der Waals surface area contributed by atoms with E-state index in [4.69, 9.17) is 4.42 Å². The molecule has 1 atom stereocenters. The van der Waals surface area contributed by atoms with Gasteiger partial charge in [-0.25, -0.2) is 0 Å². The molecule has 0 bridgehead atoms. The number of hydrogen-bond donors (Lipinski definition) is 1. The van der Waals surface area contributed by atoms with E-state index >= 15 is 0 Å². The van der Waals surface area contributed by atoms with Gasteiger partial charge in [-0.3, -0.25) is 4.98 Å². The molecule has 2 aromatic heterocycles. The lowest BCUT2D eigenvalue weighted by Crippen LogP contribution is -1.99. The minimum absolute atomic E-state index is 0.512. The van der Waals surface area contributed by atoms with Crippen molar-refractivity contribution in [2.75, 3.05) is 0 Å². The van der Waals surface area contributed by atoms with Gasteiger partial charge in [0.1, 0.15) is 11.9 Å². The summed E-state index contributed by atoms with van der Waals surface area (Å²) in [6.07, 6.45) is 0.950.